The van der Waals surface area contributed by atoms with E-state index in [4.69, 9.17) is 33.2 Å². The van der Waals surface area contributed by atoms with Crippen molar-refractivity contribution < 1.29 is 33.2 Å². The zero-order chi connectivity index (χ0) is 19.6. The fourth-order valence-corrected chi connectivity index (χ4v) is 4.41. The van der Waals surface area contributed by atoms with E-state index in [0.717, 1.165) is 13.3 Å². The van der Waals surface area contributed by atoms with Gasteiger partial charge in [0, 0.05) is 13.2 Å². The van der Waals surface area contributed by atoms with E-state index in [9.17, 15) is 0 Å². The van der Waals surface area contributed by atoms with Gasteiger partial charge in [-0.3, -0.25) is 0 Å². The lowest BCUT2D eigenvalue weighted by atomic mass is 10.6. The summed E-state index contributed by atoms with van der Waals surface area (Å²) in [4.78, 5) is 0. The maximum Gasteiger partial charge on any atom is 0.145 e. The Bertz CT molecular complexity index is 462. The lowest BCUT2D eigenvalue weighted by molar-refractivity contribution is -0.0159. The first-order chi connectivity index (χ1) is 13.2. The standard InChI is InChI=1S/C17H28Br2O7S/c1-20-2-3-21-4-5-22-6-7-23-8-9-24-10-11-25-12-13-26-15-14-16(18)27-17(15)19/h14H,2-13H2,1H3. The van der Waals surface area contributed by atoms with Crippen LogP contribution in [0.3, 0.4) is 0 Å². The van der Waals surface area contributed by atoms with Crippen molar-refractivity contribution in [3.05, 3.63) is 13.6 Å². The number of hydrogen-bond acceptors (Lipinski definition) is 8. The topological polar surface area (TPSA) is 64.6 Å². The Morgan fingerprint density at radius 2 is 1.07 bits per heavy atom. The Morgan fingerprint density at radius 3 is 1.44 bits per heavy atom. The normalized spacial score (nSPS) is 11.2. The van der Waals surface area contributed by atoms with Crippen LogP contribution in [0.15, 0.2) is 13.6 Å². The van der Waals surface area contributed by atoms with Crippen LogP contribution in [0.4, 0.5) is 0 Å². The molecule has 0 atom stereocenters. The highest BCUT2D eigenvalue weighted by molar-refractivity contribution is 9.12. The van der Waals surface area contributed by atoms with E-state index in [1.807, 2.05) is 6.07 Å². The van der Waals surface area contributed by atoms with E-state index < -0.39 is 0 Å². The van der Waals surface area contributed by atoms with Gasteiger partial charge in [-0.15, -0.1) is 11.3 Å². The first kappa shape index (κ1) is 25.3. The molecule has 0 saturated carbocycles. The lowest BCUT2D eigenvalue weighted by Crippen LogP contribution is -2.14. The molecule has 1 rings (SSSR count). The second-order valence-corrected chi connectivity index (χ2v) is 8.84. The van der Waals surface area contributed by atoms with E-state index in [-0.39, 0.29) is 0 Å². The molecule has 0 amide bonds. The van der Waals surface area contributed by atoms with Crippen LogP contribution in [-0.4, -0.2) is 86.4 Å². The third-order valence-corrected chi connectivity index (χ3v) is 5.31. The largest absolute Gasteiger partial charge is 0.489 e. The highest BCUT2D eigenvalue weighted by Crippen LogP contribution is 2.37. The van der Waals surface area contributed by atoms with Crippen molar-refractivity contribution in [1.29, 1.82) is 0 Å². The molecule has 1 heterocycles. The number of hydrogen-bond donors (Lipinski definition) is 0. The summed E-state index contributed by atoms with van der Waals surface area (Å²) in [6.45, 7) is 6.59. The highest BCUT2D eigenvalue weighted by Gasteiger charge is 2.05. The smallest absolute Gasteiger partial charge is 0.145 e. The summed E-state index contributed by atoms with van der Waals surface area (Å²) in [5.74, 6) is 0.825. The fourth-order valence-electron chi connectivity index (χ4n) is 1.76. The molecule has 7 nitrogen and oxygen atoms in total. The van der Waals surface area contributed by atoms with Crippen LogP contribution in [0.5, 0.6) is 5.75 Å². The monoisotopic (exact) mass is 534 g/mol. The van der Waals surface area contributed by atoms with Gasteiger partial charge < -0.3 is 33.2 Å². The van der Waals surface area contributed by atoms with Gasteiger partial charge in [-0.25, -0.2) is 0 Å². The molecule has 158 valence electrons. The molecule has 0 spiro atoms. The van der Waals surface area contributed by atoms with E-state index in [1.54, 1.807) is 18.4 Å². The third kappa shape index (κ3) is 14.8. The molecular formula is C17H28Br2O7S. The second-order valence-electron chi connectivity index (χ2n) is 5.09. The predicted molar refractivity (Wildman–Crippen MR) is 111 cm³/mol. The molecule has 0 N–H and O–H groups in total. The van der Waals surface area contributed by atoms with Crippen molar-refractivity contribution in [3.8, 4) is 5.75 Å². The fraction of sp³-hybridized carbons (Fsp3) is 0.765. The Hall–Kier alpha value is 0.220. The number of rotatable bonds is 19. The molecule has 0 saturated heterocycles. The zero-order valence-electron chi connectivity index (χ0n) is 15.6. The molecule has 27 heavy (non-hydrogen) atoms. The summed E-state index contributed by atoms with van der Waals surface area (Å²) in [6, 6.07) is 1.93. The summed E-state index contributed by atoms with van der Waals surface area (Å²) < 4.78 is 39.4. The molecular weight excluding hydrogens is 508 g/mol. The zero-order valence-corrected chi connectivity index (χ0v) is 19.6. The minimum atomic E-state index is 0.502. The van der Waals surface area contributed by atoms with Crippen LogP contribution < -0.4 is 4.74 Å². The molecule has 0 aromatic carbocycles. The molecule has 1 aromatic rings. The molecule has 0 aliphatic rings. The van der Waals surface area contributed by atoms with Crippen LogP contribution in [-0.2, 0) is 28.4 Å². The van der Waals surface area contributed by atoms with Crippen molar-refractivity contribution in [3.63, 3.8) is 0 Å². The number of methoxy groups -OCH3 is 1. The van der Waals surface area contributed by atoms with Crippen LogP contribution in [0.1, 0.15) is 0 Å². The van der Waals surface area contributed by atoms with Crippen molar-refractivity contribution in [1.82, 2.24) is 0 Å². The first-order valence-electron chi connectivity index (χ1n) is 8.69. The Kier molecular flexibility index (Phi) is 17.1. The molecule has 0 bridgehead atoms. The van der Waals surface area contributed by atoms with Crippen LogP contribution >= 0.6 is 43.2 Å². The molecule has 0 unspecified atom stereocenters. The summed E-state index contributed by atoms with van der Waals surface area (Å²) >= 11 is 8.43. The van der Waals surface area contributed by atoms with Crippen molar-refractivity contribution in [2.24, 2.45) is 0 Å². The molecule has 10 heteroatoms. The first-order valence-corrected chi connectivity index (χ1v) is 11.1. The minimum Gasteiger partial charge on any atom is -0.489 e. The summed E-state index contributed by atoms with van der Waals surface area (Å²) in [5, 5.41) is 0. The van der Waals surface area contributed by atoms with Gasteiger partial charge in [0.1, 0.15) is 16.1 Å². The quantitative estimate of drug-likeness (QED) is 0.252. The molecule has 1 aromatic heterocycles. The van der Waals surface area contributed by atoms with Gasteiger partial charge in [0.25, 0.3) is 0 Å². The maximum atomic E-state index is 5.60. The van der Waals surface area contributed by atoms with E-state index >= 15 is 0 Å². The average molecular weight is 536 g/mol. The number of ether oxygens (including phenoxy) is 7. The van der Waals surface area contributed by atoms with Gasteiger partial charge in [-0.05, 0) is 31.9 Å². The third-order valence-electron chi connectivity index (χ3n) is 3.03. The van der Waals surface area contributed by atoms with Gasteiger partial charge in [-0.2, -0.15) is 0 Å². The summed E-state index contributed by atoms with van der Waals surface area (Å²) in [7, 11) is 1.65. The van der Waals surface area contributed by atoms with Gasteiger partial charge in [0.15, 0.2) is 0 Å². The van der Waals surface area contributed by atoms with Gasteiger partial charge >= 0.3 is 0 Å². The number of halogens is 2. The van der Waals surface area contributed by atoms with Crippen molar-refractivity contribution >= 4 is 43.2 Å². The Morgan fingerprint density at radius 1 is 0.667 bits per heavy atom. The SMILES string of the molecule is COCCOCCOCCOCCOCCOCCOc1cc(Br)sc1Br. The summed E-state index contributed by atoms with van der Waals surface area (Å²) in [6.07, 6.45) is 0. The van der Waals surface area contributed by atoms with E-state index in [1.165, 1.54) is 0 Å². The van der Waals surface area contributed by atoms with E-state index in [0.29, 0.717) is 79.3 Å². The second kappa shape index (κ2) is 18.3. The Labute approximate surface area is 181 Å². The minimum absolute atomic E-state index is 0.502. The van der Waals surface area contributed by atoms with Crippen molar-refractivity contribution in [2.75, 3.05) is 86.4 Å². The highest BCUT2D eigenvalue weighted by atomic mass is 79.9. The lowest BCUT2D eigenvalue weighted by Gasteiger charge is -2.08. The maximum absolute atomic E-state index is 5.60. The van der Waals surface area contributed by atoms with Crippen LogP contribution in [0.25, 0.3) is 0 Å². The van der Waals surface area contributed by atoms with Gasteiger partial charge in [-0.1, -0.05) is 0 Å². The number of thiophene rings is 1. The predicted octanol–water partition coefficient (Wildman–Crippen LogP) is 3.38. The average Bonchev–Trinajstić information content (AvgIpc) is 2.98. The van der Waals surface area contributed by atoms with Gasteiger partial charge in [0.05, 0.1) is 76.5 Å². The summed E-state index contributed by atoms with van der Waals surface area (Å²) in [5.41, 5.74) is 0. The van der Waals surface area contributed by atoms with E-state index in [2.05, 4.69) is 31.9 Å². The molecule has 0 fully saturated rings. The van der Waals surface area contributed by atoms with Gasteiger partial charge in [0.2, 0.25) is 0 Å². The van der Waals surface area contributed by atoms with Crippen LogP contribution in [0, 0.1) is 0 Å². The molecule has 0 radical (unpaired) electrons. The van der Waals surface area contributed by atoms with Crippen molar-refractivity contribution in [2.45, 2.75) is 0 Å². The van der Waals surface area contributed by atoms with Crippen LogP contribution in [0.2, 0.25) is 0 Å². The molecule has 0 aliphatic heterocycles. The Balaban J connectivity index is 1.73. The molecule has 0 aliphatic carbocycles.